The van der Waals surface area contributed by atoms with Crippen LogP contribution in [0.1, 0.15) is 41.8 Å². The van der Waals surface area contributed by atoms with Crippen LogP contribution in [0.4, 0.5) is 0 Å². The molecule has 0 unspecified atom stereocenters. The lowest BCUT2D eigenvalue weighted by Gasteiger charge is -2.21. The predicted octanol–water partition coefficient (Wildman–Crippen LogP) is 1.89. The van der Waals surface area contributed by atoms with Gasteiger partial charge in [0.15, 0.2) is 0 Å². The second-order valence-corrected chi connectivity index (χ2v) is 8.02. The number of rotatable bonds is 5. The molecule has 1 aromatic heterocycles. The first-order chi connectivity index (χ1) is 14.0. The molecule has 4 rings (SSSR count). The molecule has 0 aliphatic carbocycles. The van der Waals surface area contributed by atoms with E-state index in [-0.39, 0.29) is 23.3 Å². The first kappa shape index (κ1) is 19.6. The second kappa shape index (κ2) is 8.37. The Morgan fingerprint density at radius 2 is 1.86 bits per heavy atom. The van der Waals surface area contributed by atoms with Crippen molar-refractivity contribution in [1.29, 1.82) is 0 Å². The summed E-state index contributed by atoms with van der Waals surface area (Å²) in [5.41, 5.74) is 1.73. The number of aromatic amines is 1. The normalized spacial score (nSPS) is 22.2. The number of hydrogen-bond donors (Lipinski definition) is 1. The number of amides is 1. The molecule has 1 amide bonds. The summed E-state index contributed by atoms with van der Waals surface area (Å²) in [5.74, 6) is 1.65. The van der Waals surface area contributed by atoms with Gasteiger partial charge in [-0.05, 0) is 50.6 Å². The first-order valence-corrected chi connectivity index (χ1v) is 10.3. The summed E-state index contributed by atoms with van der Waals surface area (Å²) in [4.78, 5) is 36.5. The van der Waals surface area contributed by atoms with E-state index < -0.39 is 0 Å². The van der Waals surface area contributed by atoms with E-state index in [1.54, 1.807) is 20.1 Å². The number of H-pyrrole nitrogens is 1. The molecule has 29 heavy (non-hydrogen) atoms. The number of methoxy groups -OCH3 is 1. The highest BCUT2D eigenvalue weighted by atomic mass is 16.5. The van der Waals surface area contributed by atoms with Gasteiger partial charge in [0.1, 0.15) is 11.6 Å². The quantitative estimate of drug-likeness (QED) is 0.835. The molecule has 1 aromatic carbocycles. The van der Waals surface area contributed by atoms with E-state index in [0.29, 0.717) is 25.5 Å². The Morgan fingerprint density at radius 3 is 2.52 bits per heavy atom. The molecule has 0 saturated carbocycles. The van der Waals surface area contributed by atoms with Gasteiger partial charge >= 0.3 is 0 Å². The highest BCUT2D eigenvalue weighted by molar-refractivity contribution is 5.79. The number of ether oxygens (including phenoxy) is 1. The highest BCUT2D eigenvalue weighted by Crippen LogP contribution is 2.39. The number of nitrogens with zero attached hydrogens (tertiary/aromatic N) is 3. The standard InChI is InChI=1S/C22H28N4O3/c1-15-23-20(11-21(27)24-15)19-13-26(22(28)14-25-9-3-4-10-25)12-18(19)16-5-7-17(29-2)8-6-16/h5-8,11,18-19H,3-4,9-10,12-14H2,1-2H3,(H,23,24,27)/t18-,19+/m0/s1. The minimum Gasteiger partial charge on any atom is -0.497 e. The maximum atomic E-state index is 13.0. The van der Waals surface area contributed by atoms with E-state index in [4.69, 9.17) is 4.74 Å². The molecule has 1 N–H and O–H groups in total. The lowest BCUT2D eigenvalue weighted by Crippen LogP contribution is -2.38. The number of likely N-dealkylation sites (tertiary alicyclic amines) is 2. The SMILES string of the molecule is COc1ccc([C@@H]2CN(C(=O)CN3CCCC3)C[C@H]2c2cc(=O)[nH]c(C)n2)cc1. The summed E-state index contributed by atoms with van der Waals surface area (Å²) >= 11 is 0. The van der Waals surface area contributed by atoms with Gasteiger partial charge in [-0.3, -0.25) is 14.5 Å². The fraction of sp³-hybridized carbons (Fsp3) is 0.500. The summed E-state index contributed by atoms with van der Waals surface area (Å²) in [5, 5.41) is 0. The fourth-order valence-corrected chi connectivity index (χ4v) is 4.52. The predicted molar refractivity (Wildman–Crippen MR) is 110 cm³/mol. The maximum Gasteiger partial charge on any atom is 0.251 e. The van der Waals surface area contributed by atoms with Crippen molar-refractivity contribution >= 4 is 5.91 Å². The Hall–Kier alpha value is -2.67. The average molecular weight is 396 g/mol. The summed E-state index contributed by atoms with van der Waals surface area (Å²) in [6.45, 7) is 5.48. The van der Waals surface area contributed by atoms with Crippen molar-refractivity contribution < 1.29 is 9.53 Å². The van der Waals surface area contributed by atoms with Gasteiger partial charge in [-0.1, -0.05) is 12.1 Å². The van der Waals surface area contributed by atoms with Crippen molar-refractivity contribution in [3.8, 4) is 5.75 Å². The molecule has 2 saturated heterocycles. The second-order valence-electron chi connectivity index (χ2n) is 8.02. The van der Waals surface area contributed by atoms with Gasteiger partial charge in [-0.15, -0.1) is 0 Å². The van der Waals surface area contributed by atoms with Crippen LogP contribution in [0.3, 0.4) is 0 Å². The van der Waals surface area contributed by atoms with Gasteiger partial charge in [0, 0.05) is 31.0 Å². The molecule has 2 aliphatic heterocycles. The van der Waals surface area contributed by atoms with E-state index in [0.717, 1.165) is 30.1 Å². The molecule has 0 spiro atoms. The third kappa shape index (κ3) is 4.34. The molecule has 154 valence electrons. The van der Waals surface area contributed by atoms with Gasteiger partial charge < -0.3 is 14.6 Å². The Balaban J connectivity index is 1.61. The fourth-order valence-electron chi connectivity index (χ4n) is 4.52. The number of carbonyl (C=O) groups is 1. The molecular formula is C22H28N4O3. The third-order valence-corrected chi connectivity index (χ3v) is 6.03. The first-order valence-electron chi connectivity index (χ1n) is 10.3. The summed E-state index contributed by atoms with van der Waals surface area (Å²) < 4.78 is 5.28. The Bertz CT molecular complexity index is 918. The monoisotopic (exact) mass is 396 g/mol. The van der Waals surface area contributed by atoms with Crippen molar-refractivity contribution in [2.24, 2.45) is 0 Å². The molecule has 2 fully saturated rings. The van der Waals surface area contributed by atoms with Crippen LogP contribution in [-0.4, -0.2) is 65.5 Å². The van der Waals surface area contributed by atoms with Crippen LogP contribution in [0.25, 0.3) is 0 Å². The van der Waals surface area contributed by atoms with Crippen LogP contribution in [0, 0.1) is 6.92 Å². The van der Waals surface area contributed by atoms with Gasteiger partial charge in [-0.2, -0.15) is 0 Å². The summed E-state index contributed by atoms with van der Waals surface area (Å²) in [6, 6.07) is 9.55. The molecule has 0 bridgehead atoms. The molecule has 2 atom stereocenters. The zero-order valence-corrected chi connectivity index (χ0v) is 17.1. The number of benzene rings is 1. The molecular weight excluding hydrogens is 368 g/mol. The van der Waals surface area contributed by atoms with Crippen molar-refractivity contribution in [3.05, 3.63) is 57.8 Å². The van der Waals surface area contributed by atoms with E-state index in [1.165, 1.54) is 12.8 Å². The summed E-state index contributed by atoms with van der Waals surface area (Å²) in [6.07, 6.45) is 2.33. The average Bonchev–Trinajstić information content (AvgIpc) is 3.37. The Labute approximate surface area is 170 Å². The van der Waals surface area contributed by atoms with Crippen LogP contribution in [0.2, 0.25) is 0 Å². The molecule has 3 heterocycles. The summed E-state index contributed by atoms with van der Waals surface area (Å²) in [7, 11) is 1.65. The molecule has 2 aliphatic rings. The third-order valence-electron chi connectivity index (χ3n) is 6.03. The van der Waals surface area contributed by atoms with Gasteiger partial charge in [-0.25, -0.2) is 4.98 Å². The lowest BCUT2D eigenvalue weighted by atomic mass is 9.86. The smallest absolute Gasteiger partial charge is 0.251 e. The van der Waals surface area contributed by atoms with E-state index in [1.807, 2.05) is 29.2 Å². The molecule has 7 heteroatoms. The Morgan fingerprint density at radius 1 is 1.17 bits per heavy atom. The van der Waals surface area contributed by atoms with Gasteiger partial charge in [0.2, 0.25) is 5.91 Å². The van der Waals surface area contributed by atoms with Crippen LogP contribution >= 0.6 is 0 Å². The van der Waals surface area contributed by atoms with Gasteiger partial charge in [0.25, 0.3) is 5.56 Å². The molecule has 7 nitrogen and oxygen atoms in total. The van der Waals surface area contributed by atoms with Crippen molar-refractivity contribution in [1.82, 2.24) is 19.8 Å². The number of aryl methyl sites for hydroxylation is 1. The van der Waals surface area contributed by atoms with Crippen LogP contribution in [0.5, 0.6) is 5.75 Å². The van der Waals surface area contributed by atoms with Crippen molar-refractivity contribution in [3.63, 3.8) is 0 Å². The number of aromatic nitrogens is 2. The topological polar surface area (TPSA) is 78.5 Å². The maximum absolute atomic E-state index is 13.0. The number of hydrogen-bond acceptors (Lipinski definition) is 5. The lowest BCUT2D eigenvalue weighted by molar-refractivity contribution is -0.131. The number of nitrogens with one attached hydrogen (secondary N) is 1. The zero-order valence-electron chi connectivity index (χ0n) is 17.1. The van der Waals surface area contributed by atoms with E-state index in [9.17, 15) is 9.59 Å². The largest absolute Gasteiger partial charge is 0.497 e. The van der Waals surface area contributed by atoms with Crippen molar-refractivity contribution in [2.75, 3.05) is 39.8 Å². The van der Waals surface area contributed by atoms with Crippen LogP contribution in [0.15, 0.2) is 35.1 Å². The number of carbonyl (C=O) groups excluding carboxylic acids is 1. The molecule has 0 radical (unpaired) electrons. The van der Waals surface area contributed by atoms with Crippen LogP contribution < -0.4 is 10.3 Å². The van der Waals surface area contributed by atoms with E-state index >= 15 is 0 Å². The van der Waals surface area contributed by atoms with E-state index in [2.05, 4.69) is 14.9 Å². The molecule has 2 aromatic rings. The van der Waals surface area contributed by atoms with Crippen LogP contribution in [-0.2, 0) is 4.79 Å². The van der Waals surface area contributed by atoms with Crippen molar-refractivity contribution in [2.45, 2.75) is 31.6 Å². The zero-order chi connectivity index (χ0) is 20.4. The minimum atomic E-state index is -0.150. The minimum absolute atomic E-state index is 0.00748. The van der Waals surface area contributed by atoms with Gasteiger partial charge in [0.05, 0.1) is 19.3 Å². The Kier molecular flexibility index (Phi) is 5.67. The highest BCUT2D eigenvalue weighted by Gasteiger charge is 2.38.